The number of esters is 1. The van der Waals surface area contributed by atoms with Gasteiger partial charge < -0.3 is 9.47 Å². The number of imide groups is 1. The maximum Gasteiger partial charge on any atom is 0.302 e. The molecule has 4 rings (SSSR count). The minimum atomic E-state index is -1.05. The first kappa shape index (κ1) is 14.1. The summed E-state index contributed by atoms with van der Waals surface area (Å²) in [7, 11) is 0. The highest BCUT2D eigenvalue weighted by Gasteiger charge is 2.68. The van der Waals surface area contributed by atoms with Gasteiger partial charge in [-0.2, -0.15) is 0 Å². The van der Waals surface area contributed by atoms with Gasteiger partial charge in [0, 0.05) is 13.1 Å². The van der Waals surface area contributed by atoms with Crippen molar-refractivity contribution < 1.29 is 23.9 Å². The molecule has 7 heteroatoms. The molecule has 4 atom stereocenters. The molecule has 0 saturated carbocycles. The summed E-state index contributed by atoms with van der Waals surface area (Å²) < 4.78 is 10.9. The first-order valence-corrected chi connectivity index (χ1v) is 7.32. The Morgan fingerprint density at radius 1 is 1.43 bits per heavy atom. The van der Waals surface area contributed by atoms with Gasteiger partial charge in [0.05, 0.1) is 29.8 Å². The third-order valence-corrected chi connectivity index (χ3v) is 4.56. The van der Waals surface area contributed by atoms with E-state index in [0.717, 1.165) is 4.90 Å². The maximum atomic E-state index is 12.9. The highest BCUT2D eigenvalue weighted by molar-refractivity contribution is 6.23. The van der Waals surface area contributed by atoms with Crippen molar-refractivity contribution >= 4 is 23.5 Å². The van der Waals surface area contributed by atoms with Gasteiger partial charge in [-0.15, -0.1) is 0 Å². The lowest BCUT2D eigenvalue weighted by atomic mass is 9.77. The molecule has 3 aliphatic rings. The minimum absolute atomic E-state index is 0.0730. The number of carbonyl (C=O) groups excluding carboxylic acids is 3. The average Bonchev–Trinajstić information content (AvgIpc) is 3.17. The number of anilines is 1. The van der Waals surface area contributed by atoms with Crippen LogP contribution < -0.4 is 4.90 Å². The highest BCUT2D eigenvalue weighted by Crippen LogP contribution is 2.52. The van der Waals surface area contributed by atoms with Crippen LogP contribution in [0.2, 0.25) is 0 Å². The van der Waals surface area contributed by atoms with Gasteiger partial charge in [-0.25, -0.2) is 4.90 Å². The Hall–Kier alpha value is -2.54. The van der Waals surface area contributed by atoms with Crippen LogP contribution >= 0.6 is 0 Å². The number of pyridine rings is 1. The van der Waals surface area contributed by atoms with Gasteiger partial charge in [0.1, 0.15) is 12.2 Å². The summed E-state index contributed by atoms with van der Waals surface area (Å²) in [5, 5.41) is 0. The van der Waals surface area contributed by atoms with Gasteiger partial charge in [-0.05, 0) is 18.2 Å². The predicted octanol–water partition coefficient (Wildman–Crippen LogP) is 0.458. The van der Waals surface area contributed by atoms with Crippen LogP contribution in [0.25, 0.3) is 0 Å². The fourth-order valence-corrected chi connectivity index (χ4v) is 3.62. The number of fused-ring (bicyclic) bond motifs is 5. The molecule has 2 fully saturated rings. The Morgan fingerprint density at radius 2 is 2.26 bits per heavy atom. The topological polar surface area (TPSA) is 85.8 Å². The first-order valence-electron chi connectivity index (χ1n) is 7.32. The van der Waals surface area contributed by atoms with E-state index in [1.54, 1.807) is 30.5 Å². The van der Waals surface area contributed by atoms with E-state index in [9.17, 15) is 14.4 Å². The molecule has 1 aromatic heterocycles. The Labute approximate surface area is 131 Å². The monoisotopic (exact) mass is 314 g/mol. The van der Waals surface area contributed by atoms with Crippen molar-refractivity contribution in [3.63, 3.8) is 0 Å². The number of amides is 2. The number of nitrogens with zero attached hydrogens (tertiary/aromatic N) is 2. The molecule has 118 valence electrons. The van der Waals surface area contributed by atoms with Crippen molar-refractivity contribution in [1.29, 1.82) is 0 Å². The third kappa shape index (κ3) is 1.86. The summed E-state index contributed by atoms with van der Waals surface area (Å²) in [6.07, 6.45) is 6.09. The molecule has 0 spiro atoms. The van der Waals surface area contributed by atoms with Crippen LogP contribution in [0, 0.1) is 11.8 Å². The SMILES string of the molecule is CC(=O)OC[C@@]12C=C[C@@H](O1)[C@@H]1C(=O)N(c3cccnc3)C(=O)[C@@H]12. The Balaban J connectivity index is 1.70. The first-order chi connectivity index (χ1) is 11.0. The van der Waals surface area contributed by atoms with Crippen molar-refractivity contribution in [2.24, 2.45) is 11.8 Å². The van der Waals surface area contributed by atoms with Gasteiger partial charge >= 0.3 is 5.97 Å². The lowest BCUT2D eigenvalue weighted by Crippen LogP contribution is -2.44. The van der Waals surface area contributed by atoms with Gasteiger partial charge in [-0.1, -0.05) is 6.08 Å². The maximum absolute atomic E-state index is 12.9. The third-order valence-electron chi connectivity index (χ3n) is 4.56. The molecule has 2 saturated heterocycles. The zero-order valence-electron chi connectivity index (χ0n) is 12.3. The van der Waals surface area contributed by atoms with Crippen molar-refractivity contribution in [3.05, 3.63) is 36.7 Å². The quantitative estimate of drug-likeness (QED) is 0.458. The van der Waals surface area contributed by atoms with Gasteiger partial charge in [0.15, 0.2) is 0 Å². The zero-order chi connectivity index (χ0) is 16.2. The summed E-state index contributed by atoms with van der Waals surface area (Å²) in [6, 6.07) is 3.33. The second-order valence-electron chi connectivity index (χ2n) is 5.90. The summed E-state index contributed by atoms with van der Waals surface area (Å²) >= 11 is 0. The van der Waals surface area contributed by atoms with Gasteiger partial charge in [0.2, 0.25) is 11.8 Å². The highest BCUT2D eigenvalue weighted by atomic mass is 16.6. The van der Waals surface area contributed by atoms with Crippen LogP contribution in [-0.4, -0.2) is 41.1 Å². The minimum Gasteiger partial charge on any atom is -0.462 e. The van der Waals surface area contributed by atoms with E-state index in [2.05, 4.69) is 4.98 Å². The van der Waals surface area contributed by atoms with Crippen LogP contribution in [0.4, 0.5) is 5.69 Å². The van der Waals surface area contributed by atoms with E-state index >= 15 is 0 Å². The number of ether oxygens (including phenoxy) is 2. The predicted molar refractivity (Wildman–Crippen MR) is 77.1 cm³/mol. The molecule has 2 amide bonds. The Morgan fingerprint density at radius 3 is 2.96 bits per heavy atom. The molecule has 23 heavy (non-hydrogen) atoms. The molecule has 4 heterocycles. The van der Waals surface area contributed by atoms with Crippen molar-refractivity contribution in [1.82, 2.24) is 4.98 Å². The molecule has 0 radical (unpaired) electrons. The lowest BCUT2D eigenvalue weighted by Gasteiger charge is -2.28. The van der Waals surface area contributed by atoms with Crippen LogP contribution in [0.1, 0.15) is 6.92 Å². The molecular formula is C16H14N2O5. The molecule has 1 aromatic rings. The average molecular weight is 314 g/mol. The summed E-state index contributed by atoms with van der Waals surface area (Å²) in [6.45, 7) is 1.22. The summed E-state index contributed by atoms with van der Waals surface area (Å²) in [4.78, 5) is 41.8. The van der Waals surface area contributed by atoms with Crippen LogP contribution in [0.15, 0.2) is 36.7 Å². The molecule has 7 nitrogen and oxygen atoms in total. The number of hydrogen-bond acceptors (Lipinski definition) is 6. The van der Waals surface area contributed by atoms with Crippen LogP contribution in [0.3, 0.4) is 0 Å². The second-order valence-corrected chi connectivity index (χ2v) is 5.90. The molecule has 3 aliphatic heterocycles. The molecule has 0 aromatic carbocycles. The molecular weight excluding hydrogens is 300 g/mol. The number of rotatable bonds is 3. The van der Waals surface area contributed by atoms with E-state index < -0.39 is 29.5 Å². The fraction of sp³-hybridized carbons (Fsp3) is 0.375. The molecule has 0 N–H and O–H groups in total. The lowest BCUT2D eigenvalue weighted by molar-refractivity contribution is -0.150. The Kier molecular flexibility index (Phi) is 2.89. The number of carbonyl (C=O) groups is 3. The number of hydrogen-bond donors (Lipinski definition) is 0. The van der Waals surface area contributed by atoms with E-state index in [4.69, 9.17) is 9.47 Å². The van der Waals surface area contributed by atoms with E-state index in [0.29, 0.717) is 5.69 Å². The van der Waals surface area contributed by atoms with Crippen molar-refractivity contribution in [2.75, 3.05) is 11.5 Å². The summed E-state index contributed by atoms with van der Waals surface area (Å²) in [5.74, 6) is -2.35. The van der Waals surface area contributed by atoms with Gasteiger partial charge in [0.25, 0.3) is 0 Å². The molecule has 0 aliphatic carbocycles. The molecule has 0 unspecified atom stereocenters. The molecule has 2 bridgehead atoms. The second kappa shape index (κ2) is 4.73. The fourth-order valence-electron chi connectivity index (χ4n) is 3.62. The normalized spacial score (nSPS) is 34.1. The van der Waals surface area contributed by atoms with E-state index in [-0.39, 0.29) is 18.4 Å². The standard InChI is InChI=1S/C16H14N2O5/c1-9(19)22-8-16-5-4-11(23-16)12-13(16)15(21)18(14(12)20)10-3-2-6-17-7-10/h2-7,11-13H,8H2,1H3/t11-,12+,13-,16-/m1/s1. The van der Waals surface area contributed by atoms with E-state index in [1.807, 2.05) is 0 Å². The zero-order valence-corrected chi connectivity index (χ0v) is 12.3. The van der Waals surface area contributed by atoms with Crippen molar-refractivity contribution in [3.8, 4) is 0 Å². The smallest absolute Gasteiger partial charge is 0.302 e. The summed E-state index contributed by atoms with van der Waals surface area (Å²) in [5.41, 5.74) is -0.607. The Bertz CT molecular complexity index is 731. The number of aromatic nitrogens is 1. The largest absolute Gasteiger partial charge is 0.462 e. The van der Waals surface area contributed by atoms with Crippen LogP contribution in [0.5, 0.6) is 0 Å². The van der Waals surface area contributed by atoms with E-state index in [1.165, 1.54) is 13.1 Å². The van der Waals surface area contributed by atoms with Crippen molar-refractivity contribution in [2.45, 2.75) is 18.6 Å². The van der Waals surface area contributed by atoms with Gasteiger partial charge in [-0.3, -0.25) is 19.4 Å². The van der Waals surface area contributed by atoms with Crippen LogP contribution in [-0.2, 0) is 23.9 Å².